The van der Waals surface area contributed by atoms with Gasteiger partial charge in [-0.2, -0.15) is 0 Å². The van der Waals surface area contributed by atoms with E-state index in [2.05, 4.69) is 9.97 Å². The molecule has 2 heterocycles. The summed E-state index contributed by atoms with van der Waals surface area (Å²) in [7, 11) is 1.67. The minimum absolute atomic E-state index is 0.641. The molecule has 0 unspecified atom stereocenters. The molecule has 102 valence electrons. The summed E-state index contributed by atoms with van der Waals surface area (Å²) in [6.07, 6.45) is 0. The van der Waals surface area contributed by atoms with Crippen molar-refractivity contribution in [1.29, 1.82) is 0 Å². The lowest BCUT2D eigenvalue weighted by Crippen LogP contribution is -1.98. The quantitative estimate of drug-likeness (QED) is 0.730. The monoisotopic (exact) mass is 285 g/mol. The van der Waals surface area contributed by atoms with Crippen molar-refractivity contribution in [3.8, 4) is 11.4 Å². The molecule has 0 radical (unpaired) electrons. The Kier molecular flexibility index (Phi) is 3.06. The number of aromatic amines is 1. The van der Waals surface area contributed by atoms with Gasteiger partial charge in [0.2, 0.25) is 0 Å². The van der Waals surface area contributed by atoms with Crippen LogP contribution < -0.4 is 4.74 Å². The van der Waals surface area contributed by atoms with E-state index in [1.807, 2.05) is 48.7 Å². The van der Waals surface area contributed by atoms with Gasteiger partial charge in [0.25, 0.3) is 0 Å². The second-order valence-electron chi connectivity index (χ2n) is 4.74. The van der Waals surface area contributed by atoms with Crippen LogP contribution in [0.1, 0.15) is 11.3 Å². The molecule has 0 aliphatic carbocycles. The molecule has 2 aromatic heterocycles. The van der Waals surface area contributed by atoms with E-state index < -0.39 is 0 Å². The van der Waals surface area contributed by atoms with Gasteiger partial charge >= 0.3 is 0 Å². The normalized spacial score (nSPS) is 10.9. The average molecular weight is 285 g/mol. The highest BCUT2D eigenvalue weighted by Crippen LogP contribution is 2.24. The van der Waals surface area contributed by atoms with Crippen LogP contribution in [0, 0.1) is 18.6 Å². The summed E-state index contributed by atoms with van der Waals surface area (Å²) >= 11 is 5.42. The summed E-state index contributed by atoms with van der Waals surface area (Å²) < 4.78 is 7.89. The van der Waals surface area contributed by atoms with Crippen LogP contribution in [0.25, 0.3) is 16.9 Å². The molecular weight excluding hydrogens is 270 g/mol. The fourth-order valence-electron chi connectivity index (χ4n) is 2.32. The number of fused-ring (bicyclic) bond motifs is 1. The largest absolute Gasteiger partial charge is 0.496 e. The number of methoxy groups -OCH3 is 1. The number of aromatic nitrogens is 3. The molecule has 0 saturated heterocycles. The molecule has 0 spiro atoms. The molecule has 0 bridgehead atoms. The summed E-state index contributed by atoms with van der Waals surface area (Å²) in [5.74, 6) is 0.865. The highest BCUT2D eigenvalue weighted by molar-refractivity contribution is 7.71. The molecule has 3 aromatic rings. The predicted octanol–water partition coefficient (Wildman–Crippen LogP) is 3.71. The minimum Gasteiger partial charge on any atom is -0.496 e. The third kappa shape index (κ3) is 2.00. The Morgan fingerprint density at radius 2 is 2.00 bits per heavy atom. The molecule has 20 heavy (non-hydrogen) atoms. The van der Waals surface area contributed by atoms with E-state index in [4.69, 9.17) is 17.0 Å². The Morgan fingerprint density at radius 3 is 2.70 bits per heavy atom. The van der Waals surface area contributed by atoms with Crippen molar-refractivity contribution in [2.24, 2.45) is 0 Å². The third-order valence-corrected chi connectivity index (χ3v) is 3.59. The summed E-state index contributed by atoms with van der Waals surface area (Å²) in [6, 6.07) is 9.95. The number of hydrogen-bond acceptors (Lipinski definition) is 3. The number of aryl methyl sites for hydroxylation is 2. The van der Waals surface area contributed by atoms with E-state index >= 15 is 0 Å². The highest BCUT2D eigenvalue weighted by Gasteiger charge is 2.09. The highest BCUT2D eigenvalue weighted by atomic mass is 32.1. The van der Waals surface area contributed by atoms with Crippen LogP contribution in [0.3, 0.4) is 0 Å². The van der Waals surface area contributed by atoms with Gasteiger partial charge in [0.05, 0.1) is 18.3 Å². The summed E-state index contributed by atoms with van der Waals surface area (Å²) in [4.78, 5) is 7.76. The third-order valence-electron chi connectivity index (χ3n) is 3.31. The first kappa shape index (κ1) is 12.9. The van der Waals surface area contributed by atoms with Crippen LogP contribution in [0.4, 0.5) is 0 Å². The lowest BCUT2D eigenvalue weighted by atomic mass is 10.2. The maximum Gasteiger partial charge on any atom is 0.183 e. The number of imidazole rings is 1. The second kappa shape index (κ2) is 4.76. The number of rotatable bonds is 2. The molecule has 1 aromatic carbocycles. The van der Waals surface area contributed by atoms with Crippen LogP contribution in [-0.4, -0.2) is 21.6 Å². The zero-order valence-electron chi connectivity index (χ0n) is 11.6. The summed E-state index contributed by atoms with van der Waals surface area (Å²) in [5, 5.41) is 0. The molecule has 0 fully saturated rings. The summed E-state index contributed by atoms with van der Waals surface area (Å²) in [5.41, 5.74) is 4.80. The number of benzene rings is 1. The number of nitrogens with one attached hydrogen (secondary N) is 1. The maximum absolute atomic E-state index is 5.42. The van der Waals surface area contributed by atoms with Crippen molar-refractivity contribution in [3.63, 3.8) is 0 Å². The van der Waals surface area contributed by atoms with Crippen molar-refractivity contribution in [3.05, 3.63) is 46.4 Å². The standard InChI is InChI=1S/C15H15N3OS/c1-9-8-11(5-7-13(9)19-3)18-14-12(17-15(18)20)6-4-10(2)16-14/h4-8H,1-3H3,(H,17,20). The molecule has 0 aliphatic heterocycles. The van der Waals surface area contributed by atoms with Gasteiger partial charge in [0.1, 0.15) is 5.75 Å². The number of hydrogen-bond donors (Lipinski definition) is 1. The van der Waals surface area contributed by atoms with Gasteiger partial charge in [-0.15, -0.1) is 0 Å². The fraction of sp³-hybridized carbons (Fsp3) is 0.200. The molecule has 5 heteroatoms. The zero-order chi connectivity index (χ0) is 14.3. The smallest absolute Gasteiger partial charge is 0.183 e. The van der Waals surface area contributed by atoms with Crippen LogP contribution in [0.2, 0.25) is 0 Å². The molecule has 4 nitrogen and oxygen atoms in total. The fourth-order valence-corrected chi connectivity index (χ4v) is 2.62. The van der Waals surface area contributed by atoms with Gasteiger partial charge < -0.3 is 9.72 Å². The average Bonchev–Trinajstić information content (AvgIpc) is 2.74. The number of nitrogens with zero attached hydrogens (tertiary/aromatic N) is 2. The van der Waals surface area contributed by atoms with Crippen molar-refractivity contribution >= 4 is 23.4 Å². The Hall–Kier alpha value is -2.14. The topological polar surface area (TPSA) is 42.8 Å². The molecule has 0 aliphatic rings. The van der Waals surface area contributed by atoms with Crippen LogP contribution in [0.5, 0.6) is 5.75 Å². The molecule has 0 atom stereocenters. The number of H-pyrrole nitrogens is 1. The van der Waals surface area contributed by atoms with Gasteiger partial charge in [-0.05, 0) is 62.0 Å². The molecule has 3 rings (SSSR count). The van der Waals surface area contributed by atoms with Crippen molar-refractivity contribution in [2.45, 2.75) is 13.8 Å². The van der Waals surface area contributed by atoms with Crippen LogP contribution in [0.15, 0.2) is 30.3 Å². The Morgan fingerprint density at radius 1 is 1.20 bits per heavy atom. The Balaban J connectivity index is 2.28. The van der Waals surface area contributed by atoms with E-state index in [-0.39, 0.29) is 0 Å². The van der Waals surface area contributed by atoms with Crippen LogP contribution in [-0.2, 0) is 0 Å². The first-order valence-electron chi connectivity index (χ1n) is 6.33. The van der Waals surface area contributed by atoms with Gasteiger partial charge in [0, 0.05) is 5.69 Å². The van der Waals surface area contributed by atoms with Gasteiger partial charge in [0.15, 0.2) is 10.4 Å². The van der Waals surface area contributed by atoms with Gasteiger partial charge in [-0.25, -0.2) is 4.98 Å². The molecule has 0 saturated carbocycles. The molecule has 1 N–H and O–H groups in total. The van der Waals surface area contributed by atoms with Crippen LogP contribution >= 0.6 is 12.2 Å². The first-order chi connectivity index (χ1) is 9.60. The van der Waals surface area contributed by atoms with Gasteiger partial charge in [-0.3, -0.25) is 4.57 Å². The first-order valence-corrected chi connectivity index (χ1v) is 6.74. The van der Waals surface area contributed by atoms with Crippen molar-refractivity contribution in [1.82, 2.24) is 14.5 Å². The lowest BCUT2D eigenvalue weighted by Gasteiger charge is -2.09. The Labute approximate surface area is 122 Å². The number of ether oxygens (including phenoxy) is 1. The lowest BCUT2D eigenvalue weighted by molar-refractivity contribution is 0.411. The molecule has 0 amide bonds. The predicted molar refractivity (Wildman–Crippen MR) is 82.3 cm³/mol. The van der Waals surface area contributed by atoms with E-state index in [9.17, 15) is 0 Å². The Bertz CT molecular complexity index is 848. The van der Waals surface area contributed by atoms with E-state index in [0.29, 0.717) is 4.77 Å². The van der Waals surface area contributed by atoms with Crippen molar-refractivity contribution < 1.29 is 4.74 Å². The van der Waals surface area contributed by atoms with E-state index in [0.717, 1.165) is 33.9 Å². The van der Waals surface area contributed by atoms with Gasteiger partial charge in [-0.1, -0.05) is 0 Å². The van der Waals surface area contributed by atoms with Crippen molar-refractivity contribution in [2.75, 3.05) is 7.11 Å². The second-order valence-corrected chi connectivity index (χ2v) is 5.13. The molecular formula is C15H15N3OS. The minimum atomic E-state index is 0.641. The van der Waals surface area contributed by atoms with E-state index in [1.165, 1.54) is 0 Å². The summed E-state index contributed by atoms with van der Waals surface area (Å²) in [6.45, 7) is 3.98. The zero-order valence-corrected chi connectivity index (χ0v) is 12.4. The number of pyridine rings is 1. The van der Waals surface area contributed by atoms with E-state index in [1.54, 1.807) is 7.11 Å². The SMILES string of the molecule is COc1ccc(-n2c(=S)[nH]c3ccc(C)nc32)cc1C. The maximum atomic E-state index is 5.42.